The molecule has 5 nitrogen and oxygen atoms in total. The van der Waals surface area contributed by atoms with Crippen molar-refractivity contribution in [2.45, 2.75) is 6.92 Å². The van der Waals surface area contributed by atoms with Crippen molar-refractivity contribution in [1.29, 1.82) is 0 Å². The number of carbonyl (C=O) groups is 2. The van der Waals surface area contributed by atoms with E-state index >= 15 is 0 Å². The van der Waals surface area contributed by atoms with E-state index in [-0.39, 0.29) is 16.5 Å². The summed E-state index contributed by atoms with van der Waals surface area (Å²) >= 11 is 5.85. The first-order chi connectivity index (χ1) is 9.88. The first kappa shape index (κ1) is 14.9. The van der Waals surface area contributed by atoms with Gasteiger partial charge in [0.2, 0.25) is 0 Å². The van der Waals surface area contributed by atoms with Crippen LogP contribution in [0.4, 0.5) is 11.4 Å². The number of rotatable bonds is 3. The van der Waals surface area contributed by atoms with E-state index in [2.05, 4.69) is 5.32 Å². The highest BCUT2D eigenvalue weighted by atomic mass is 35.5. The smallest absolute Gasteiger partial charge is 0.335 e. The van der Waals surface area contributed by atoms with Crippen LogP contribution in [0.3, 0.4) is 0 Å². The van der Waals surface area contributed by atoms with Crippen molar-refractivity contribution in [2.75, 3.05) is 11.1 Å². The van der Waals surface area contributed by atoms with E-state index in [1.807, 2.05) is 0 Å². The molecule has 2 aromatic rings. The molecule has 0 spiro atoms. The van der Waals surface area contributed by atoms with Crippen molar-refractivity contribution >= 4 is 34.9 Å². The lowest BCUT2D eigenvalue weighted by Crippen LogP contribution is -2.14. The summed E-state index contributed by atoms with van der Waals surface area (Å²) in [7, 11) is 0. The van der Waals surface area contributed by atoms with Gasteiger partial charge in [0.25, 0.3) is 5.91 Å². The van der Waals surface area contributed by atoms with Crippen molar-refractivity contribution in [2.24, 2.45) is 0 Å². The highest BCUT2D eigenvalue weighted by molar-refractivity contribution is 6.31. The average molecular weight is 305 g/mol. The van der Waals surface area contributed by atoms with Crippen molar-refractivity contribution in [3.8, 4) is 0 Å². The van der Waals surface area contributed by atoms with E-state index in [9.17, 15) is 9.59 Å². The van der Waals surface area contributed by atoms with Crippen molar-refractivity contribution < 1.29 is 14.7 Å². The summed E-state index contributed by atoms with van der Waals surface area (Å²) in [6.45, 7) is 1.74. The monoisotopic (exact) mass is 304 g/mol. The first-order valence-corrected chi connectivity index (χ1v) is 6.46. The van der Waals surface area contributed by atoms with E-state index in [0.29, 0.717) is 22.5 Å². The van der Waals surface area contributed by atoms with E-state index in [0.717, 1.165) is 0 Å². The molecule has 21 heavy (non-hydrogen) atoms. The van der Waals surface area contributed by atoms with Crippen LogP contribution in [0.2, 0.25) is 5.02 Å². The number of nitrogens with one attached hydrogen (secondary N) is 1. The minimum absolute atomic E-state index is 0.00194. The topological polar surface area (TPSA) is 92.4 Å². The second-order valence-electron chi connectivity index (χ2n) is 4.51. The molecule has 0 atom stereocenters. The molecular weight excluding hydrogens is 292 g/mol. The van der Waals surface area contributed by atoms with Crippen LogP contribution in [0.15, 0.2) is 36.4 Å². The van der Waals surface area contributed by atoms with Crippen LogP contribution in [0, 0.1) is 6.92 Å². The molecule has 2 rings (SSSR count). The molecule has 1 amide bonds. The van der Waals surface area contributed by atoms with Gasteiger partial charge in [0.1, 0.15) is 0 Å². The van der Waals surface area contributed by atoms with Gasteiger partial charge in [-0.3, -0.25) is 4.79 Å². The Kier molecular flexibility index (Phi) is 4.14. The van der Waals surface area contributed by atoms with E-state index < -0.39 is 5.97 Å². The van der Waals surface area contributed by atoms with Gasteiger partial charge < -0.3 is 16.2 Å². The predicted octanol–water partition coefficient (Wildman–Crippen LogP) is 3.18. The lowest BCUT2D eigenvalue weighted by Gasteiger charge is -2.10. The molecule has 108 valence electrons. The number of nitrogen functional groups attached to an aromatic ring is 1. The number of aromatic carboxylic acids is 1. The molecule has 0 aromatic heterocycles. The molecule has 4 N–H and O–H groups in total. The average Bonchev–Trinajstić information content (AvgIpc) is 2.41. The quantitative estimate of drug-likeness (QED) is 0.759. The van der Waals surface area contributed by atoms with E-state index in [1.54, 1.807) is 25.1 Å². The second-order valence-corrected chi connectivity index (χ2v) is 4.94. The molecule has 0 fully saturated rings. The number of amides is 1. The van der Waals surface area contributed by atoms with Gasteiger partial charge in [0.15, 0.2) is 0 Å². The maximum atomic E-state index is 12.2. The molecule has 0 aliphatic carbocycles. The van der Waals surface area contributed by atoms with Crippen LogP contribution in [-0.2, 0) is 0 Å². The van der Waals surface area contributed by atoms with Crippen LogP contribution in [0.25, 0.3) is 0 Å². The Hall–Kier alpha value is -2.53. The minimum atomic E-state index is -1.12. The van der Waals surface area contributed by atoms with E-state index in [4.69, 9.17) is 22.4 Å². The van der Waals surface area contributed by atoms with Crippen LogP contribution >= 0.6 is 11.6 Å². The van der Waals surface area contributed by atoms with Crippen molar-refractivity contribution in [1.82, 2.24) is 0 Å². The SMILES string of the molecule is Cc1c(N)cccc1C(=O)Nc1cc(Cl)cc(C(=O)O)c1. The molecule has 0 radical (unpaired) electrons. The zero-order chi connectivity index (χ0) is 15.6. The Morgan fingerprint density at radius 1 is 1.24 bits per heavy atom. The fraction of sp³-hybridized carbons (Fsp3) is 0.0667. The zero-order valence-electron chi connectivity index (χ0n) is 11.2. The third-order valence-electron chi connectivity index (χ3n) is 3.02. The molecule has 0 saturated heterocycles. The van der Waals surface area contributed by atoms with Crippen molar-refractivity contribution in [3.63, 3.8) is 0 Å². The molecule has 2 aromatic carbocycles. The highest BCUT2D eigenvalue weighted by Gasteiger charge is 2.13. The van der Waals surface area contributed by atoms with Crippen molar-refractivity contribution in [3.05, 3.63) is 58.1 Å². The molecule has 0 unspecified atom stereocenters. The Bertz CT molecular complexity index is 729. The largest absolute Gasteiger partial charge is 0.478 e. The maximum Gasteiger partial charge on any atom is 0.335 e. The number of hydrogen-bond donors (Lipinski definition) is 3. The van der Waals surface area contributed by atoms with Gasteiger partial charge in [0.05, 0.1) is 5.56 Å². The zero-order valence-corrected chi connectivity index (χ0v) is 11.9. The second kappa shape index (κ2) is 5.85. The number of carboxylic acids is 1. The third-order valence-corrected chi connectivity index (χ3v) is 3.24. The molecule has 0 heterocycles. The first-order valence-electron chi connectivity index (χ1n) is 6.09. The summed E-state index contributed by atoms with van der Waals surface area (Å²) in [6, 6.07) is 9.15. The summed E-state index contributed by atoms with van der Waals surface area (Å²) in [4.78, 5) is 23.2. The van der Waals surface area contributed by atoms with Crippen LogP contribution in [0.1, 0.15) is 26.3 Å². The number of hydrogen-bond acceptors (Lipinski definition) is 3. The Morgan fingerprint density at radius 3 is 2.62 bits per heavy atom. The van der Waals surface area contributed by atoms with Gasteiger partial charge in [-0.2, -0.15) is 0 Å². The molecular formula is C15H13ClN2O3. The predicted molar refractivity (Wildman–Crippen MR) is 82.0 cm³/mol. The minimum Gasteiger partial charge on any atom is -0.478 e. The summed E-state index contributed by atoms with van der Waals surface area (Å²) in [5, 5.41) is 11.8. The van der Waals surface area contributed by atoms with Gasteiger partial charge in [-0.15, -0.1) is 0 Å². The van der Waals surface area contributed by atoms with Crippen LogP contribution in [-0.4, -0.2) is 17.0 Å². The summed E-state index contributed by atoms with van der Waals surface area (Å²) in [6.07, 6.45) is 0. The van der Waals surface area contributed by atoms with Gasteiger partial charge in [0, 0.05) is 22.0 Å². The Labute approximate surface area is 126 Å². The standard InChI is InChI=1S/C15H13ClN2O3/c1-8-12(3-2-4-13(8)17)14(19)18-11-6-9(15(20)21)5-10(16)7-11/h2-7H,17H2,1H3,(H,18,19)(H,20,21). The number of carboxylic acid groups (broad SMARTS) is 1. The number of anilines is 2. The van der Waals surface area contributed by atoms with E-state index in [1.165, 1.54) is 18.2 Å². The summed E-state index contributed by atoms with van der Waals surface area (Å²) in [5.74, 6) is -1.49. The fourth-order valence-electron chi connectivity index (χ4n) is 1.88. The summed E-state index contributed by atoms with van der Waals surface area (Å²) in [5.41, 5.74) is 7.67. The summed E-state index contributed by atoms with van der Waals surface area (Å²) < 4.78 is 0. The number of benzene rings is 2. The molecule has 6 heteroatoms. The van der Waals surface area contributed by atoms with Crippen LogP contribution < -0.4 is 11.1 Å². The number of nitrogens with two attached hydrogens (primary N) is 1. The Balaban J connectivity index is 2.31. The van der Waals surface area contributed by atoms with Gasteiger partial charge in [-0.05, 0) is 42.8 Å². The van der Waals surface area contributed by atoms with Crippen LogP contribution in [0.5, 0.6) is 0 Å². The molecule has 0 aliphatic rings. The maximum absolute atomic E-state index is 12.2. The fourth-order valence-corrected chi connectivity index (χ4v) is 2.12. The number of halogens is 1. The van der Waals surface area contributed by atoms with Gasteiger partial charge in [-0.25, -0.2) is 4.79 Å². The molecule has 0 aliphatic heterocycles. The van der Waals surface area contributed by atoms with Gasteiger partial charge in [-0.1, -0.05) is 17.7 Å². The normalized spacial score (nSPS) is 10.2. The number of carbonyl (C=O) groups excluding carboxylic acids is 1. The highest BCUT2D eigenvalue weighted by Crippen LogP contribution is 2.21. The lowest BCUT2D eigenvalue weighted by atomic mass is 10.1. The molecule has 0 saturated carbocycles. The molecule has 0 bridgehead atoms. The lowest BCUT2D eigenvalue weighted by molar-refractivity contribution is 0.0696. The Morgan fingerprint density at radius 2 is 1.95 bits per heavy atom. The third kappa shape index (κ3) is 3.32. The van der Waals surface area contributed by atoms with Gasteiger partial charge >= 0.3 is 5.97 Å².